The van der Waals surface area contributed by atoms with E-state index in [4.69, 9.17) is 0 Å². The highest BCUT2D eigenvalue weighted by atomic mass is 32.2. The van der Waals surface area contributed by atoms with Gasteiger partial charge in [-0.25, -0.2) is 22.2 Å². The number of nitrogens with zero attached hydrogens (tertiary/aromatic N) is 1. The Morgan fingerprint density at radius 2 is 1.74 bits per heavy atom. The fourth-order valence-corrected chi connectivity index (χ4v) is 3.32. The van der Waals surface area contributed by atoms with Gasteiger partial charge >= 0.3 is 6.18 Å². The molecule has 0 radical (unpaired) electrons. The molecule has 14 heteroatoms. The molecule has 2 aromatic rings. The molecule has 0 saturated heterocycles. The summed E-state index contributed by atoms with van der Waals surface area (Å²) in [6.07, 6.45) is -5.35. The summed E-state index contributed by atoms with van der Waals surface area (Å²) < 4.78 is 90.4. The molecule has 31 heavy (non-hydrogen) atoms. The Hall–Kier alpha value is -3.29. The zero-order chi connectivity index (χ0) is 23.4. The van der Waals surface area contributed by atoms with Gasteiger partial charge in [-0.05, 0) is 24.3 Å². The van der Waals surface area contributed by atoms with Crippen LogP contribution in [0.4, 0.5) is 39.1 Å². The lowest BCUT2D eigenvalue weighted by molar-refractivity contribution is -0.130. The summed E-state index contributed by atoms with van der Waals surface area (Å²) in [6.45, 7) is 1.24. The molecule has 0 atom stereocenters. The Balaban J connectivity index is 2.21. The van der Waals surface area contributed by atoms with Crippen molar-refractivity contribution in [3.63, 3.8) is 0 Å². The standard InChI is InChI=1S/C17H15F5N4O4S/c1-9(27)24-13-5-2-10(8-23-13)25-16(28)14-11(18)3-4-12(15(14)19)26-31(29,30)7-6-17(20,21)22/h2-5,8,26H,6-7H2,1H3,(H,25,28)(H,23,24,27). The zero-order valence-electron chi connectivity index (χ0n) is 15.7. The number of hydrogen-bond donors (Lipinski definition) is 3. The molecule has 0 spiro atoms. The van der Waals surface area contributed by atoms with Crippen LogP contribution in [-0.2, 0) is 14.8 Å². The minimum Gasteiger partial charge on any atom is -0.320 e. The normalized spacial score (nSPS) is 11.7. The highest BCUT2D eigenvalue weighted by Gasteiger charge is 2.30. The predicted octanol–water partition coefficient (Wildman–Crippen LogP) is 3.26. The molecule has 3 N–H and O–H groups in total. The molecule has 0 aliphatic heterocycles. The number of carbonyl (C=O) groups is 2. The van der Waals surface area contributed by atoms with Crippen molar-refractivity contribution in [2.24, 2.45) is 0 Å². The van der Waals surface area contributed by atoms with E-state index < -0.39 is 63.1 Å². The van der Waals surface area contributed by atoms with E-state index in [1.54, 1.807) is 4.72 Å². The Labute approximate surface area is 172 Å². The number of pyridine rings is 1. The first-order chi connectivity index (χ1) is 14.3. The summed E-state index contributed by atoms with van der Waals surface area (Å²) >= 11 is 0. The van der Waals surface area contributed by atoms with Crippen molar-refractivity contribution in [3.05, 3.63) is 47.7 Å². The monoisotopic (exact) mass is 466 g/mol. The third-order valence-electron chi connectivity index (χ3n) is 3.56. The van der Waals surface area contributed by atoms with Crippen molar-refractivity contribution in [2.45, 2.75) is 19.5 Å². The minimum atomic E-state index is -4.76. The van der Waals surface area contributed by atoms with E-state index in [2.05, 4.69) is 15.6 Å². The lowest BCUT2D eigenvalue weighted by Crippen LogP contribution is -2.23. The molecule has 168 valence electrons. The number of halogens is 5. The van der Waals surface area contributed by atoms with Gasteiger partial charge in [0.15, 0.2) is 5.82 Å². The molecule has 2 rings (SSSR count). The zero-order valence-corrected chi connectivity index (χ0v) is 16.5. The highest BCUT2D eigenvalue weighted by Crippen LogP contribution is 2.25. The van der Waals surface area contributed by atoms with Crippen LogP contribution in [0.25, 0.3) is 0 Å². The first-order valence-corrected chi connectivity index (χ1v) is 10.0. The molecule has 0 aliphatic rings. The number of hydrogen-bond acceptors (Lipinski definition) is 5. The number of aromatic nitrogens is 1. The van der Waals surface area contributed by atoms with Gasteiger partial charge in [-0.2, -0.15) is 13.2 Å². The largest absolute Gasteiger partial charge is 0.390 e. The summed E-state index contributed by atoms with van der Waals surface area (Å²) in [5.74, 6) is -5.89. The van der Waals surface area contributed by atoms with Crippen LogP contribution in [0.2, 0.25) is 0 Å². The van der Waals surface area contributed by atoms with Gasteiger partial charge in [-0.3, -0.25) is 14.3 Å². The van der Waals surface area contributed by atoms with Crippen molar-refractivity contribution in [1.82, 2.24) is 4.98 Å². The Bertz CT molecular complexity index is 1090. The summed E-state index contributed by atoms with van der Waals surface area (Å²) in [6, 6.07) is 3.79. The SMILES string of the molecule is CC(=O)Nc1ccc(NC(=O)c2c(F)ccc(NS(=O)(=O)CCC(F)(F)F)c2F)cn1. The second-order valence-corrected chi connectivity index (χ2v) is 7.98. The number of benzene rings is 1. The van der Waals surface area contributed by atoms with Crippen molar-refractivity contribution in [3.8, 4) is 0 Å². The van der Waals surface area contributed by atoms with Crippen LogP contribution in [0.5, 0.6) is 0 Å². The number of anilines is 3. The second kappa shape index (κ2) is 9.24. The first kappa shape index (κ1) is 24.0. The molecule has 1 aromatic carbocycles. The Kier molecular flexibility index (Phi) is 7.15. The van der Waals surface area contributed by atoms with Crippen LogP contribution < -0.4 is 15.4 Å². The van der Waals surface area contributed by atoms with Gasteiger partial charge in [0.25, 0.3) is 5.91 Å². The van der Waals surface area contributed by atoms with Crippen molar-refractivity contribution in [1.29, 1.82) is 0 Å². The molecule has 8 nitrogen and oxygen atoms in total. The predicted molar refractivity (Wildman–Crippen MR) is 101 cm³/mol. The average Bonchev–Trinajstić information content (AvgIpc) is 2.63. The van der Waals surface area contributed by atoms with Gasteiger partial charge in [0.1, 0.15) is 17.2 Å². The van der Waals surface area contributed by atoms with Crippen LogP contribution in [-0.4, -0.2) is 37.1 Å². The lowest BCUT2D eigenvalue weighted by Gasteiger charge is -2.13. The van der Waals surface area contributed by atoms with Crippen molar-refractivity contribution >= 4 is 39.0 Å². The summed E-state index contributed by atoms with van der Waals surface area (Å²) in [5.41, 5.74) is -2.07. The molecule has 0 unspecified atom stereocenters. The van der Waals surface area contributed by atoms with Gasteiger partial charge in [-0.15, -0.1) is 0 Å². The summed E-state index contributed by atoms with van der Waals surface area (Å²) in [4.78, 5) is 27.0. The number of rotatable bonds is 7. The van der Waals surface area contributed by atoms with Gasteiger partial charge in [-0.1, -0.05) is 0 Å². The molecule has 0 aliphatic carbocycles. The Morgan fingerprint density at radius 1 is 1.06 bits per heavy atom. The smallest absolute Gasteiger partial charge is 0.320 e. The van der Waals surface area contributed by atoms with Crippen LogP contribution in [0.3, 0.4) is 0 Å². The second-order valence-electron chi connectivity index (χ2n) is 6.14. The fraction of sp³-hybridized carbons (Fsp3) is 0.235. The van der Waals surface area contributed by atoms with E-state index in [1.165, 1.54) is 19.1 Å². The van der Waals surface area contributed by atoms with Crippen LogP contribution in [0.15, 0.2) is 30.5 Å². The highest BCUT2D eigenvalue weighted by molar-refractivity contribution is 7.92. The van der Waals surface area contributed by atoms with Crippen LogP contribution >= 0.6 is 0 Å². The summed E-state index contributed by atoms with van der Waals surface area (Å²) in [7, 11) is -4.63. The quantitative estimate of drug-likeness (QED) is 0.542. The number of sulfonamides is 1. The maximum atomic E-state index is 14.6. The van der Waals surface area contributed by atoms with E-state index in [0.29, 0.717) is 12.1 Å². The molecule has 0 fully saturated rings. The average molecular weight is 466 g/mol. The van der Waals surface area contributed by atoms with E-state index in [9.17, 15) is 40.0 Å². The van der Waals surface area contributed by atoms with E-state index >= 15 is 0 Å². The van der Waals surface area contributed by atoms with Crippen molar-refractivity contribution in [2.75, 3.05) is 21.1 Å². The third-order valence-corrected chi connectivity index (χ3v) is 4.84. The van der Waals surface area contributed by atoms with E-state index in [0.717, 1.165) is 6.20 Å². The topological polar surface area (TPSA) is 117 Å². The molecule has 1 heterocycles. The van der Waals surface area contributed by atoms with E-state index in [1.807, 2.05) is 0 Å². The van der Waals surface area contributed by atoms with Gasteiger partial charge < -0.3 is 10.6 Å². The van der Waals surface area contributed by atoms with Gasteiger partial charge in [0.05, 0.1) is 29.7 Å². The molecule has 2 amide bonds. The maximum Gasteiger partial charge on any atom is 0.390 e. The fourth-order valence-electron chi connectivity index (χ4n) is 2.22. The first-order valence-electron chi connectivity index (χ1n) is 8.37. The summed E-state index contributed by atoms with van der Waals surface area (Å²) in [5, 5.41) is 4.50. The van der Waals surface area contributed by atoms with Crippen molar-refractivity contribution < 1.29 is 40.0 Å². The third kappa shape index (κ3) is 7.16. The number of alkyl halides is 3. The lowest BCUT2D eigenvalue weighted by atomic mass is 10.1. The van der Waals surface area contributed by atoms with Crippen LogP contribution in [0, 0.1) is 11.6 Å². The maximum absolute atomic E-state index is 14.6. The molecule has 1 aromatic heterocycles. The Morgan fingerprint density at radius 3 is 2.29 bits per heavy atom. The van der Waals surface area contributed by atoms with Gasteiger partial charge in [0.2, 0.25) is 15.9 Å². The number of carbonyl (C=O) groups excluding carboxylic acids is 2. The number of nitrogens with one attached hydrogen (secondary N) is 3. The molecule has 0 saturated carbocycles. The van der Waals surface area contributed by atoms with Gasteiger partial charge in [0, 0.05) is 6.92 Å². The molecular weight excluding hydrogens is 451 g/mol. The minimum absolute atomic E-state index is 0.00550. The molecule has 0 bridgehead atoms. The van der Waals surface area contributed by atoms with E-state index in [-0.39, 0.29) is 11.5 Å². The molecular formula is C17H15F5N4O4S. The number of amides is 2. The van der Waals surface area contributed by atoms with Crippen LogP contribution in [0.1, 0.15) is 23.7 Å².